The number of ether oxygens (including phenoxy) is 1. The van der Waals surface area contributed by atoms with Crippen molar-refractivity contribution >= 4 is 11.8 Å². The Bertz CT molecular complexity index is 499. The third-order valence-corrected chi connectivity index (χ3v) is 4.01. The number of nitrogens with one attached hydrogen (secondary N) is 1. The third-order valence-electron chi connectivity index (χ3n) is 4.01. The number of unbranched alkanes of at least 4 members (excludes halogenated alkanes) is 2. The van der Waals surface area contributed by atoms with E-state index in [0.717, 1.165) is 30.6 Å². The molecular weight excluding hydrogens is 292 g/mol. The van der Waals surface area contributed by atoms with Gasteiger partial charge in [-0.3, -0.25) is 9.59 Å². The lowest BCUT2D eigenvalue weighted by Crippen LogP contribution is -2.29. The molecule has 1 rings (SSSR count). The summed E-state index contributed by atoms with van der Waals surface area (Å²) in [5.74, 6) is 0.955. The molecule has 23 heavy (non-hydrogen) atoms. The molecule has 0 saturated carbocycles. The lowest BCUT2D eigenvalue weighted by atomic mass is 10.1. The number of amides is 2. The summed E-state index contributed by atoms with van der Waals surface area (Å²) >= 11 is 0. The maximum absolute atomic E-state index is 12.3. The largest absolute Gasteiger partial charge is 0.497 e. The fourth-order valence-electron chi connectivity index (χ4n) is 2.34. The van der Waals surface area contributed by atoms with Gasteiger partial charge in [-0.05, 0) is 37.5 Å². The SMILES string of the molecule is COc1ccc(C(C)N(C)C(=O)CCCCCNC(C)=O)cc1. The van der Waals surface area contributed by atoms with Gasteiger partial charge in [0, 0.05) is 26.9 Å². The summed E-state index contributed by atoms with van der Waals surface area (Å²) in [5.41, 5.74) is 1.09. The lowest BCUT2D eigenvalue weighted by Gasteiger charge is -2.25. The average molecular weight is 320 g/mol. The van der Waals surface area contributed by atoms with Gasteiger partial charge in [-0.15, -0.1) is 0 Å². The summed E-state index contributed by atoms with van der Waals surface area (Å²) < 4.78 is 5.15. The summed E-state index contributed by atoms with van der Waals surface area (Å²) in [6, 6.07) is 7.83. The van der Waals surface area contributed by atoms with Crippen molar-refractivity contribution in [2.24, 2.45) is 0 Å². The Kier molecular flexibility index (Phi) is 8.16. The smallest absolute Gasteiger partial charge is 0.222 e. The van der Waals surface area contributed by atoms with Crippen LogP contribution in [0.5, 0.6) is 5.75 Å². The third kappa shape index (κ3) is 6.72. The molecule has 0 bridgehead atoms. The van der Waals surface area contributed by atoms with Gasteiger partial charge in [0.1, 0.15) is 5.75 Å². The molecule has 0 spiro atoms. The van der Waals surface area contributed by atoms with Crippen molar-refractivity contribution in [3.05, 3.63) is 29.8 Å². The van der Waals surface area contributed by atoms with E-state index in [4.69, 9.17) is 4.74 Å². The Labute approximate surface area is 139 Å². The molecule has 0 aliphatic heterocycles. The molecule has 128 valence electrons. The number of nitrogens with zero attached hydrogens (tertiary/aromatic N) is 1. The normalized spacial score (nSPS) is 11.7. The number of carbonyl (C=O) groups excluding carboxylic acids is 2. The first-order valence-electron chi connectivity index (χ1n) is 8.09. The van der Waals surface area contributed by atoms with Gasteiger partial charge in [0.05, 0.1) is 13.2 Å². The Morgan fingerprint density at radius 2 is 1.83 bits per heavy atom. The van der Waals surface area contributed by atoms with E-state index in [2.05, 4.69) is 5.32 Å². The standard InChI is InChI=1S/C18H28N2O3/c1-14(16-9-11-17(23-4)12-10-16)20(3)18(22)8-6-5-7-13-19-15(2)21/h9-12,14H,5-8,13H2,1-4H3,(H,19,21). The van der Waals surface area contributed by atoms with E-state index in [1.807, 2.05) is 38.2 Å². The number of carbonyl (C=O) groups is 2. The molecule has 0 radical (unpaired) electrons. The van der Waals surface area contributed by atoms with E-state index >= 15 is 0 Å². The molecule has 5 heteroatoms. The van der Waals surface area contributed by atoms with Crippen molar-refractivity contribution in [3.63, 3.8) is 0 Å². The van der Waals surface area contributed by atoms with E-state index in [1.165, 1.54) is 6.92 Å². The van der Waals surface area contributed by atoms with Crippen LogP contribution in [0.15, 0.2) is 24.3 Å². The first kappa shape index (κ1) is 19.0. The van der Waals surface area contributed by atoms with Crippen LogP contribution in [0.2, 0.25) is 0 Å². The van der Waals surface area contributed by atoms with Crippen LogP contribution >= 0.6 is 0 Å². The summed E-state index contributed by atoms with van der Waals surface area (Å²) in [4.78, 5) is 24.8. The molecule has 2 amide bonds. The molecule has 1 atom stereocenters. The molecule has 5 nitrogen and oxygen atoms in total. The predicted octanol–water partition coefficient (Wildman–Crippen LogP) is 2.91. The minimum Gasteiger partial charge on any atom is -0.497 e. The van der Waals surface area contributed by atoms with Gasteiger partial charge in [0.2, 0.25) is 11.8 Å². The monoisotopic (exact) mass is 320 g/mol. The van der Waals surface area contributed by atoms with Gasteiger partial charge in [0.25, 0.3) is 0 Å². The van der Waals surface area contributed by atoms with Gasteiger partial charge >= 0.3 is 0 Å². The Balaban J connectivity index is 2.35. The highest BCUT2D eigenvalue weighted by atomic mass is 16.5. The van der Waals surface area contributed by atoms with Crippen molar-refractivity contribution in [1.29, 1.82) is 0 Å². The van der Waals surface area contributed by atoms with Gasteiger partial charge in [-0.1, -0.05) is 18.6 Å². The van der Waals surface area contributed by atoms with Crippen LogP contribution in [0.4, 0.5) is 0 Å². The lowest BCUT2D eigenvalue weighted by molar-refractivity contribution is -0.132. The second kappa shape index (κ2) is 9.87. The molecule has 1 aromatic carbocycles. The first-order chi connectivity index (χ1) is 11.0. The van der Waals surface area contributed by atoms with Crippen molar-refractivity contribution in [2.75, 3.05) is 20.7 Å². The highest BCUT2D eigenvalue weighted by Gasteiger charge is 2.16. The number of methoxy groups -OCH3 is 1. The molecule has 1 unspecified atom stereocenters. The molecule has 0 fully saturated rings. The van der Waals surface area contributed by atoms with Crippen LogP contribution in [-0.2, 0) is 9.59 Å². The van der Waals surface area contributed by atoms with Crippen LogP contribution in [0, 0.1) is 0 Å². The van der Waals surface area contributed by atoms with E-state index in [0.29, 0.717) is 13.0 Å². The second-order valence-corrected chi connectivity index (χ2v) is 5.75. The molecule has 1 aromatic rings. The van der Waals surface area contributed by atoms with Crippen LogP contribution < -0.4 is 10.1 Å². The fraction of sp³-hybridized carbons (Fsp3) is 0.556. The zero-order valence-corrected chi connectivity index (χ0v) is 14.6. The van der Waals surface area contributed by atoms with E-state index < -0.39 is 0 Å². The quantitative estimate of drug-likeness (QED) is 0.712. The van der Waals surface area contributed by atoms with Crippen molar-refractivity contribution in [2.45, 2.75) is 45.6 Å². The van der Waals surface area contributed by atoms with E-state index in [-0.39, 0.29) is 17.9 Å². The van der Waals surface area contributed by atoms with E-state index in [9.17, 15) is 9.59 Å². The van der Waals surface area contributed by atoms with Crippen LogP contribution in [-0.4, -0.2) is 37.4 Å². The first-order valence-corrected chi connectivity index (χ1v) is 8.09. The molecule has 0 aromatic heterocycles. The van der Waals surface area contributed by atoms with Crippen molar-refractivity contribution < 1.29 is 14.3 Å². The second-order valence-electron chi connectivity index (χ2n) is 5.75. The minimum absolute atomic E-state index is 0.00544. The fourth-order valence-corrected chi connectivity index (χ4v) is 2.34. The number of hydrogen-bond acceptors (Lipinski definition) is 3. The minimum atomic E-state index is -0.00544. The summed E-state index contributed by atoms with van der Waals surface area (Å²) in [7, 11) is 3.48. The Hall–Kier alpha value is -2.04. The zero-order chi connectivity index (χ0) is 17.2. The van der Waals surface area contributed by atoms with Crippen LogP contribution in [0.1, 0.15) is 51.1 Å². The van der Waals surface area contributed by atoms with Crippen LogP contribution in [0.25, 0.3) is 0 Å². The maximum Gasteiger partial charge on any atom is 0.222 e. The Morgan fingerprint density at radius 3 is 2.39 bits per heavy atom. The predicted molar refractivity (Wildman–Crippen MR) is 91.3 cm³/mol. The number of rotatable bonds is 9. The summed E-state index contributed by atoms with van der Waals surface area (Å²) in [5, 5.41) is 2.76. The van der Waals surface area contributed by atoms with E-state index in [1.54, 1.807) is 12.0 Å². The molecule has 0 saturated heterocycles. The molecular formula is C18H28N2O3. The highest BCUT2D eigenvalue weighted by molar-refractivity contribution is 5.76. The zero-order valence-electron chi connectivity index (χ0n) is 14.6. The van der Waals surface area contributed by atoms with Gasteiger partial charge < -0.3 is 15.0 Å². The number of benzene rings is 1. The van der Waals surface area contributed by atoms with Gasteiger partial charge in [-0.25, -0.2) is 0 Å². The summed E-state index contributed by atoms with van der Waals surface area (Å²) in [6.07, 6.45) is 3.23. The topological polar surface area (TPSA) is 58.6 Å². The highest BCUT2D eigenvalue weighted by Crippen LogP contribution is 2.22. The molecule has 0 aliphatic carbocycles. The molecule has 1 N–H and O–H groups in total. The van der Waals surface area contributed by atoms with Crippen molar-refractivity contribution in [1.82, 2.24) is 10.2 Å². The van der Waals surface area contributed by atoms with Crippen LogP contribution in [0.3, 0.4) is 0 Å². The maximum atomic E-state index is 12.3. The number of hydrogen-bond donors (Lipinski definition) is 1. The Morgan fingerprint density at radius 1 is 1.17 bits per heavy atom. The average Bonchev–Trinajstić information content (AvgIpc) is 2.56. The summed E-state index contributed by atoms with van der Waals surface area (Å²) in [6.45, 7) is 4.22. The molecule has 0 heterocycles. The molecule has 0 aliphatic rings. The van der Waals surface area contributed by atoms with Crippen molar-refractivity contribution in [3.8, 4) is 5.75 Å². The van der Waals surface area contributed by atoms with Gasteiger partial charge in [0.15, 0.2) is 0 Å². The van der Waals surface area contributed by atoms with Gasteiger partial charge in [-0.2, -0.15) is 0 Å².